The fourth-order valence-corrected chi connectivity index (χ4v) is 2.44. The summed E-state index contributed by atoms with van der Waals surface area (Å²) < 4.78 is 5.97. The number of hydrogen-bond donors (Lipinski definition) is 0. The van der Waals surface area contributed by atoms with E-state index in [4.69, 9.17) is 4.74 Å². The zero-order valence-corrected chi connectivity index (χ0v) is 11.7. The number of aliphatic imine (C=N–C) groups is 1. The second kappa shape index (κ2) is 5.31. The van der Waals surface area contributed by atoms with Crippen LogP contribution in [0.2, 0.25) is 0 Å². The van der Waals surface area contributed by atoms with Crippen LogP contribution >= 0.6 is 0 Å². The van der Waals surface area contributed by atoms with Crippen molar-refractivity contribution in [1.29, 1.82) is 0 Å². The van der Waals surface area contributed by atoms with E-state index in [1.807, 2.05) is 0 Å². The summed E-state index contributed by atoms with van der Waals surface area (Å²) >= 11 is 0. The van der Waals surface area contributed by atoms with Gasteiger partial charge < -0.3 is 4.74 Å². The first-order valence-electron chi connectivity index (χ1n) is 6.54. The number of rotatable bonds is 4. The Morgan fingerprint density at radius 2 is 1.88 bits per heavy atom. The smallest absolute Gasteiger partial charge is 0.100 e. The van der Waals surface area contributed by atoms with Crippen LogP contribution in [0.5, 0.6) is 0 Å². The maximum atomic E-state index is 5.97. The van der Waals surface area contributed by atoms with Crippen molar-refractivity contribution in [2.75, 3.05) is 6.54 Å². The van der Waals surface area contributed by atoms with Gasteiger partial charge in [0.15, 0.2) is 0 Å². The van der Waals surface area contributed by atoms with Gasteiger partial charge in [0, 0.05) is 12.3 Å². The number of ether oxygens (including phenoxy) is 1. The molecule has 0 N–H and O–H groups in total. The topological polar surface area (TPSA) is 21.6 Å². The highest BCUT2D eigenvalue weighted by atomic mass is 16.5. The van der Waals surface area contributed by atoms with E-state index in [2.05, 4.69) is 46.5 Å². The zero-order valence-electron chi connectivity index (χ0n) is 11.7. The molecule has 2 nitrogen and oxygen atoms in total. The zero-order chi connectivity index (χ0) is 12.3. The second-order valence-corrected chi connectivity index (χ2v) is 6.00. The lowest BCUT2D eigenvalue weighted by atomic mass is 9.82. The molecule has 0 saturated carbocycles. The van der Waals surface area contributed by atoms with Crippen LogP contribution in [0.15, 0.2) is 4.99 Å². The average molecular weight is 225 g/mol. The molecule has 1 atom stereocenters. The first-order chi connectivity index (χ1) is 7.33. The van der Waals surface area contributed by atoms with Gasteiger partial charge in [-0.05, 0) is 52.4 Å². The summed E-state index contributed by atoms with van der Waals surface area (Å²) in [5, 5.41) is 0. The SMILES string of the molecule is CC(C)OC(C)(C)C1=NCCC(C(C)C)C1. The Morgan fingerprint density at radius 1 is 1.25 bits per heavy atom. The van der Waals surface area contributed by atoms with Crippen molar-refractivity contribution in [2.45, 2.75) is 66.1 Å². The molecule has 94 valence electrons. The van der Waals surface area contributed by atoms with Gasteiger partial charge in [0.05, 0.1) is 6.10 Å². The van der Waals surface area contributed by atoms with Crippen LogP contribution < -0.4 is 0 Å². The van der Waals surface area contributed by atoms with E-state index in [-0.39, 0.29) is 11.7 Å². The van der Waals surface area contributed by atoms with Crippen LogP contribution in [0, 0.1) is 11.8 Å². The largest absolute Gasteiger partial charge is 0.367 e. The predicted molar refractivity (Wildman–Crippen MR) is 70.2 cm³/mol. The Bertz CT molecular complexity index is 253. The van der Waals surface area contributed by atoms with Crippen molar-refractivity contribution in [3.63, 3.8) is 0 Å². The summed E-state index contributed by atoms with van der Waals surface area (Å²) in [6, 6.07) is 0. The van der Waals surface area contributed by atoms with Crippen LogP contribution in [-0.4, -0.2) is 24.0 Å². The normalized spacial score (nSPS) is 22.8. The summed E-state index contributed by atoms with van der Waals surface area (Å²) in [6.07, 6.45) is 2.60. The van der Waals surface area contributed by atoms with E-state index < -0.39 is 0 Å². The molecular formula is C14H27NO. The highest BCUT2D eigenvalue weighted by molar-refractivity contribution is 5.92. The molecule has 0 amide bonds. The first-order valence-corrected chi connectivity index (χ1v) is 6.54. The molecule has 0 aromatic rings. The van der Waals surface area contributed by atoms with Crippen molar-refractivity contribution in [3.8, 4) is 0 Å². The van der Waals surface area contributed by atoms with Gasteiger partial charge in [0.1, 0.15) is 5.60 Å². The molecule has 0 spiro atoms. The summed E-state index contributed by atoms with van der Waals surface area (Å²) in [7, 11) is 0. The van der Waals surface area contributed by atoms with Crippen LogP contribution in [0.4, 0.5) is 0 Å². The molecule has 0 saturated heterocycles. The van der Waals surface area contributed by atoms with Crippen LogP contribution in [0.1, 0.15) is 54.4 Å². The fourth-order valence-electron chi connectivity index (χ4n) is 2.44. The van der Waals surface area contributed by atoms with Gasteiger partial charge in [-0.15, -0.1) is 0 Å². The lowest BCUT2D eigenvalue weighted by Crippen LogP contribution is -2.40. The van der Waals surface area contributed by atoms with E-state index in [0.717, 1.165) is 24.8 Å². The summed E-state index contributed by atoms with van der Waals surface area (Å²) in [5.41, 5.74) is 1.06. The summed E-state index contributed by atoms with van der Waals surface area (Å²) in [5.74, 6) is 1.53. The first kappa shape index (κ1) is 13.7. The standard InChI is InChI=1S/C14H27NO/c1-10(2)12-7-8-15-13(9-12)14(5,6)16-11(3)4/h10-12H,7-9H2,1-6H3. The molecule has 0 aromatic heterocycles. The third-order valence-corrected chi connectivity index (χ3v) is 3.43. The Balaban J connectivity index is 2.69. The lowest BCUT2D eigenvalue weighted by molar-refractivity contribution is -0.0120. The Hall–Kier alpha value is -0.370. The second-order valence-electron chi connectivity index (χ2n) is 6.00. The number of nitrogens with zero attached hydrogens (tertiary/aromatic N) is 1. The predicted octanol–water partition coefficient (Wildman–Crippen LogP) is 3.70. The number of hydrogen-bond acceptors (Lipinski definition) is 2. The fraction of sp³-hybridized carbons (Fsp3) is 0.929. The van der Waals surface area contributed by atoms with E-state index >= 15 is 0 Å². The summed E-state index contributed by atoms with van der Waals surface area (Å²) in [6.45, 7) is 14.1. The Labute approximate surface area is 100 Å². The van der Waals surface area contributed by atoms with Gasteiger partial charge in [-0.1, -0.05) is 13.8 Å². The van der Waals surface area contributed by atoms with Crippen molar-refractivity contribution in [1.82, 2.24) is 0 Å². The van der Waals surface area contributed by atoms with E-state index in [1.54, 1.807) is 0 Å². The maximum Gasteiger partial charge on any atom is 0.100 e. The van der Waals surface area contributed by atoms with Crippen LogP contribution in [-0.2, 0) is 4.74 Å². The molecular weight excluding hydrogens is 198 g/mol. The molecule has 0 aliphatic carbocycles. The molecule has 1 aliphatic rings. The monoisotopic (exact) mass is 225 g/mol. The molecule has 0 bridgehead atoms. The molecule has 1 aliphatic heterocycles. The van der Waals surface area contributed by atoms with Gasteiger partial charge in [-0.25, -0.2) is 0 Å². The van der Waals surface area contributed by atoms with E-state index in [1.165, 1.54) is 12.1 Å². The lowest BCUT2D eigenvalue weighted by Gasteiger charge is -2.35. The molecule has 1 unspecified atom stereocenters. The van der Waals surface area contributed by atoms with Crippen LogP contribution in [0.25, 0.3) is 0 Å². The van der Waals surface area contributed by atoms with Gasteiger partial charge in [-0.2, -0.15) is 0 Å². The Kier molecular flexibility index (Phi) is 4.54. The average Bonchev–Trinajstić information content (AvgIpc) is 2.16. The minimum Gasteiger partial charge on any atom is -0.367 e. The van der Waals surface area contributed by atoms with E-state index in [0.29, 0.717) is 0 Å². The maximum absolute atomic E-state index is 5.97. The van der Waals surface area contributed by atoms with Crippen molar-refractivity contribution < 1.29 is 4.74 Å². The van der Waals surface area contributed by atoms with Gasteiger partial charge >= 0.3 is 0 Å². The molecule has 2 heteroatoms. The highest BCUT2D eigenvalue weighted by Gasteiger charge is 2.31. The third kappa shape index (κ3) is 3.58. The quantitative estimate of drug-likeness (QED) is 0.715. The minimum atomic E-state index is -0.193. The minimum absolute atomic E-state index is 0.193. The summed E-state index contributed by atoms with van der Waals surface area (Å²) in [4.78, 5) is 4.68. The highest BCUT2D eigenvalue weighted by Crippen LogP contribution is 2.29. The van der Waals surface area contributed by atoms with Crippen LogP contribution in [0.3, 0.4) is 0 Å². The van der Waals surface area contributed by atoms with Crippen molar-refractivity contribution in [3.05, 3.63) is 0 Å². The Morgan fingerprint density at radius 3 is 2.38 bits per heavy atom. The molecule has 1 heterocycles. The van der Waals surface area contributed by atoms with Gasteiger partial charge in [-0.3, -0.25) is 4.99 Å². The molecule has 0 aromatic carbocycles. The van der Waals surface area contributed by atoms with Gasteiger partial charge in [0.25, 0.3) is 0 Å². The van der Waals surface area contributed by atoms with Crippen molar-refractivity contribution >= 4 is 5.71 Å². The van der Waals surface area contributed by atoms with E-state index in [9.17, 15) is 0 Å². The van der Waals surface area contributed by atoms with Crippen molar-refractivity contribution in [2.24, 2.45) is 16.8 Å². The van der Waals surface area contributed by atoms with Gasteiger partial charge in [0.2, 0.25) is 0 Å². The molecule has 16 heavy (non-hydrogen) atoms. The third-order valence-electron chi connectivity index (χ3n) is 3.43. The molecule has 1 rings (SSSR count). The molecule has 0 fully saturated rings. The molecule has 0 radical (unpaired) electrons.